The highest BCUT2D eigenvalue weighted by molar-refractivity contribution is 8.07. The van der Waals surface area contributed by atoms with Crippen LogP contribution in [0.5, 0.6) is 0 Å². The molecule has 0 spiro atoms. The maximum Gasteiger partial charge on any atom is 0.107 e. The first-order valence-electron chi connectivity index (χ1n) is 6.01. The highest BCUT2D eigenvalue weighted by atomic mass is 32.2. The molecule has 2 nitrogen and oxygen atoms in total. The van der Waals surface area contributed by atoms with E-state index in [4.69, 9.17) is 4.98 Å². The first kappa shape index (κ1) is 13.7. The third-order valence-electron chi connectivity index (χ3n) is 3.24. The predicted molar refractivity (Wildman–Crippen MR) is 81.3 cm³/mol. The second kappa shape index (κ2) is 5.95. The smallest absolute Gasteiger partial charge is 0.107 e. The van der Waals surface area contributed by atoms with Gasteiger partial charge in [-0.15, -0.1) is 23.1 Å². The highest BCUT2D eigenvalue weighted by Crippen LogP contribution is 2.45. The van der Waals surface area contributed by atoms with Gasteiger partial charge in [-0.3, -0.25) is 0 Å². The number of nitrogens with one attached hydrogen (secondary N) is 1. The molecule has 4 atom stereocenters. The Labute approximate surface area is 116 Å². The summed E-state index contributed by atoms with van der Waals surface area (Å²) in [4.78, 5) is 4.79. The van der Waals surface area contributed by atoms with E-state index in [1.807, 2.05) is 18.4 Å². The van der Waals surface area contributed by atoms with Crippen LogP contribution in [0.3, 0.4) is 0 Å². The zero-order chi connectivity index (χ0) is 12.4. The molecule has 1 aromatic rings. The molecule has 0 aromatic carbocycles. The molecule has 0 saturated carbocycles. The Morgan fingerprint density at radius 1 is 1.41 bits per heavy atom. The summed E-state index contributed by atoms with van der Waals surface area (Å²) in [5.74, 6) is 1.21. The van der Waals surface area contributed by atoms with Crippen molar-refractivity contribution < 1.29 is 0 Å². The second-order valence-corrected chi connectivity index (χ2v) is 8.37. The van der Waals surface area contributed by atoms with Gasteiger partial charge in [0, 0.05) is 27.7 Å². The number of aromatic nitrogens is 1. The summed E-state index contributed by atoms with van der Waals surface area (Å²) in [7, 11) is 1.98. The van der Waals surface area contributed by atoms with E-state index in [-0.39, 0.29) is 0 Å². The maximum atomic E-state index is 4.79. The van der Waals surface area contributed by atoms with Crippen molar-refractivity contribution in [1.82, 2.24) is 10.3 Å². The van der Waals surface area contributed by atoms with E-state index in [0.717, 1.165) is 10.5 Å². The molecule has 0 bridgehead atoms. The van der Waals surface area contributed by atoms with Gasteiger partial charge in [-0.1, -0.05) is 13.8 Å². The topological polar surface area (TPSA) is 24.9 Å². The molecule has 0 radical (unpaired) electrons. The van der Waals surface area contributed by atoms with Gasteiger partial charge in [0.2, 0.25) is 0 Å². The van der Waals surface area contributed by atoms with Gasteiger partial charge >= 0.3 is 0 Å². The van der Waals surface area contributed by atoms with E-state index >= 15 is 0 Å². The standard InChI is InChI=1S/C12H20N2S3/c1-7(13-4)10-5-16-12(14-10)11-6-15-8(2)9(3)17-11/h5,7-9,11,13H,6H2,1-4H3. The Morgan fingerprint density at radius 2 is 2.18 bits per heavy atom. The average Bonchev–Trinajstić information content (AvgIpc) is 2.81. The van der Waals surface area contributed by atoms with Crippen molar-refractivity contribution in [2.75, 3.05) is 12.8 Å². The molecule has 2 rings (SSSR count). The predicted octanol–water partition coefficient (Wildman–Crippen LogP) is 3.72. The monoisotopic (exact) mass is 288 g/mol. The average molecular weight is 289 g/mol. The Kier molecular flexibility index (Phi) is 4.80. The molecule has 2 heterocycles. The van der Waals surface area contributed by atoms with Crippen LogP contribution in [0.15, 0.2) is 5.38 Å². The van der Waals surface area contributed by atoms with Gasteiger partial charge in [-0.2, -0.15) is 11.8 Å². The van der Waals surface area contributed by atoms with Gasteiger partial charge in [0.15, 0.2) is 0 Å². The van der Waals surface area contributed by atoms with Gasteiger partial charge in [-0.05, 0) is 14.0 Å². The SMILES string of the molecule is CNC(C)c1csc(C2CSC(C)C(C)S2)n1. The van der Waals surface area contributed by atoms with Gasteiger partial charge in [0.05, 0.1) is 10.9 Å². The van der Waals surface area contributed by atoms with Crippen LogP contribution < -0.4 is 5.32 Å². The number of hydrogen-bond acceptors (Lipinski definition) is 5. The lowest BCUT2D eigenvalue weighted by atomic mass is 10.3. The van der Waals surface area contributed by atoms with Crippen molar-refractivity contribution in [2.24, 2.45) is 0 Å². The number of rotatable bonds is 3. The molecule has 96 valence electrons. The normalized spacial score (nSPS) is 31.4. The first-order valence-corrected chi connectivity index (χ1v) is 8.88. The number of thioether (sulfide) groups is 2. The lowest BCUT2D eigenvalue weighted by Gasteiger charge is -2.30. The summed E-state index contributed by atoms with van der Waals surface area (Å²) in [5.41, 5.74) is 1.18. The third kappa shape index (κ3) is 3.19. The summed E-state index contributed by atoms with van der Waals surface area (Å²) >= 11 is 5.99. The summed E-state index contributed by atoms with van der Waals surface area (Å²) in [6.45, 7) is 6.82. The summed E-state index contributed by atoms with van der Waals surface area (Å²) in [5, 5.41) is 8.84. The number of thiazole rings is 1. The fourth-order valence-corrected chi connectivity index (χ4v) is 5.83. The van der Waals surface area contributed by atoms with Crippen LogP contribution >= 0.6 is 34.9 Å². The Morgan fingerprint density at radius 3 is 2.82 bits per heavy atom. The van der Waals surface area contributed by atoms with Crippen molar-refractivity contribution in [3.05, 3.63) is 16.1 Å². The Hall–Kier alpha value is 0.290. The molecule has 0 aliphatic carbocycles. The van der Waals surface area contributed by atoms with Crippen LogP contribution in [-0.4, -0.2) is 28.3 Å². The Bertz CT molecular complexity index is 366. The summed E-state index contributed by atoms with van der Waals surface area (Å²) in [6.07, 6.45) is 0. The lowest BCUT2D eigenvalue weighted by molar-refractivity contribution is 0.634. The van der Waals surface area contributed by atoms with Crippen LogP contribution in [0.1, 0.15) is 42.8 Å². The van der Waals surface area contributed by atoms with Crippen LogP contribution in [0.2, 0.25) is 0 Å². The molecule has 4 unspecified atom stereocenters. The molecule has 1 saturated heterocycles. The van der Waals surface area contributed by atoms with Crippen molar-refractivity contribution in [1.29, 1.82) is 0 Å². The van der Waals surface area contributed by atoms with Gasteiger partial charge in [0.25, 0.3) is 0 Å². The van der Waals surface area contributed by atoms with Gasteiger partial charge in [0.1, 0.15) is 5.01 Å². The van der Waals surface area contributed by atoms with Gasteiger partial charge < -0.3 is 5.32 Å². The molecule has 17 heavy (non-hydrogen) atoms. The van der Waals surface area contributed by atoms with E-state index in [1.165, 1.54) is 16.5 Å². The van der Waals surface area contributed by atoms with Crippen LogP contribution in [0.25, 0.3) is 0 Å². The molecule has 0 amide bonds. The van der Waals surface area contributed by atoms with E-state index < -0.39 is 0 Å². The minimum absolute atomic E-state index is 0.359. The fourth-order valence-electron chi connectivity index (χ4n) is 1.71. The number of hydrogen-bond donors (Lipinski definition) is 1. The number of nitrogens with zero attached hydrogens (tertiary/aromatic N) is 1. The zero-order valence-corrected chi connectivity index (χ0v) is 13.2. The highest BCUT2D eigenvalue weighted by Gasteiger charge is 2.28. The molecule has 1 aliphatic heterocycles. The van der Waals surface area contributed by atoms with E-state index in [0.29, 0.717) is 11.3 Å². The summed E-state index contributed by atoms with van der Waals surface area (Å²) < 4.78 is 0. The van der Waals surface area contributed by atoms with Crippen molar-refractivity contribution in [3.63, 3.8) is 0 Å². The van der Waals surface area contributed by atoms with Gasteiger partial charge in [-0.25, -0.2) is 4.98 Å². The maximum absolute atomic E-state index is 4.79. The molecular formula is C12H20N2S3. The molecule has 1 fully saturated rings. The molecular weight excluding hydrogens is 268 g/mol. The molecule has 1 aliphatic rings. The molecule has 5 heteroatoms. The zero-order valence-electron chi connectivity index (χ0n) is 10.8. The van der Waals surface area contributed by atoms with Crippen molar-refractivity contribution >= 4 is 34.9 Å². The summed E-state index contributed by atoms with van der Waals surface area (Å²) in [6, 6.07) is 0.359. The first-order chi connectivity index (χ1) is 8.11. The largest absolute Gasteiger partial charge is 0.312 e. The third-order valence-corrected chi connectivity index (χ3v) is 7.77. The van der Waals surface area contributed by atoms with E-state index in [1.54, 1.807) is 0 Å². The van der Waals surface area contributed by atoms with Crippen LogP contribution in [-0.2, 0) is 0 Å². The fraction of sp³-hybridized carbons (Fsp3) is 0.750. The lowest BCUT2D eigenvalue weighted by Crippen LogP contribution is -2.22. The van der Waals surface area contributed by atoms with Crippen LogP contribution in [0.4, 0.5) is 0 Å². The minimum atomic E-state index is 0.359. The van der Waals surface area contributed by atoms with Crippen LogP contribution in [0, 0.1) is 0 Å². The second-order valence-electron chi connectivity index (χ2n) is 4.49. The van der Waals surface area contributed by atoms with E-state index in [9.17, 15) is 0 Å². The Balaban J connectivity index is 2.05. The minimum Gasteiger partial charge on any atom is -0.312 e. The quantitative estimate of drug-likeness (QED) is 0.916. The molecule has 1 aromatic heterocycles. The van der Waals surface area contributed by atoms with Crippen molar-refractivity contribution in [2.45, 2.75) is 42.6 Å². The molecule has 1 N–H and O–H groups in total. The van der Waals surface area contributed by atoms with Crippen molar-refractivity contribution in [3.8, 4) is 0 Å². The van der Waals surface area contributed by atoms with E-state index in [2.05, 4.69) is 55.0 Å².